The number of rotatable bonds is 1. The SMILES string of the molecule is CC(N)[C@H]1CC[C@H]2[C@@H]3CCC4C(O)C(N)C(O)C[C@]4(C)[C@H]3CC[C@]12C. The minimum atomic E-state index is -0.566. The van der Waals surface area contributed by atoms with Crippen LogP contribution in [0.5, 0.6) is 0 Å². The average Bonchev–Trinajstić information content (AvgIpc) is 2.90. The lowest BCUT2D eigenvalue weighted by atomic mass is 9.43. The first-order chi connectivity index (χ1) is 11.7. The van der Waals surface area contributed by atoms with Crippen LogP contribution < -0.4 is 11.5 Å². The van der Waals surface area contributed by atoms with Crippen molar-refractivity contribution in [3.05, 3.63) is 0 Å². The molecule has 4 aliphatic carbocycles. The van der Waals surface area contributed by atoms with Gasteiger partial charge in [-0.25, -0.2) is 0 Å². The lowest BCUT2D eigenvalue weighted by molar-refractivity contribution is -0.173. The van der Waals surface area contributed by atoms with Crippen molar-refractivity contribution in [1.29, 1.82) is 0 Å². The van der Waals surface area contributed by atoms with Crippen LogP contribution in [-0.4, -0.2) is 34.5 Å². The van der Waals surface area contributed by atoms with Gasteiger partial charge in [-0.1, -0.05) is 13.8 Å². The summed E-state index contributed by atoms with van der Waals surface area (Å²) in [7, 11) is 0. The average molecular weight is 351 g/mol. The van der Waals surface area contributed by atoms with Gasteiger partial charge in [0.15, 0.2) is 0 Å². The summed E-state index contributed by atoms with van der Waals surface area (Å²) in [6, 6.07) is -0.188. The first kappa shape index (κ1) is 18.2. The predicted octanol–water partition coefficient (Wildman–Crippen LogP) is 2.26. The van der Waals surface area contributed by atoms with E-state index in [0.717, 1.165) is 24.7 Å². The van der Waals surface area contributed by atoms with Gasteiger partial charge < -0.3 is 21.7 Å². The van der Waals surface area contributed by atoms with Crippen LogP contribution in [0.4, 0.5) is 0 Å². The Morgan fingerprint density at radius 1 is 0.920 bits per heavy atom. The maximum Gasteiger partial charge on any atom is 0.0749 e. The molecule has 25 heavy (non-hydrogen) atoms. The highest BCUT2D eigenvalue weighted by Crippen LogP contribution is 2.67. The fourth-order valence-corrected chi connectivity index (χ4v) is 8.34. The van der Waals surface area contributed by atoms with E-state index >= 15 is 0 Å². The second-order valence-corrected chi connectivity index (χ2v) is 10.5. The molecule has 0 heterocycles. The molecule has 0 radical (unpaired) electrons. The third-order valence-electron chi connectivity index (χ3n) is 9.55. The number of fused-ring (bicyclic) bond motifs is 5. The topological polar surface area (TPSA) is 92.5 Å². The molecule has 0 aromatic heterocycles. The summed E-state index contributed by atoms with van der Waals surface area (Å²) >= 11 is 0. The zero-order valence-electron chi connectivity index (χ0n) is 16.2. The van der Waals surface area contributed by atoms with E-state index in [0.29, 0.717) is 17.3 Å². The molecule has 4 nitrogen and oxygen atoms in total. The van der Waals surface area contributed by atoms with Crippen molar-refractivity contribution in [3.8, 4) is 0 Å². The van der Waals surface area contributed by atoms with E-state index in [1.165, 1.54) is 32.1 Å². The molecule has 144 valence electrons. The maximum atomic E-state index is 10.8. The third-order valence-corrected chi connectivity index (χ3v) is 9.55. The van der Waals surface area contributed by atoms with Crippen molar-refractivity contribution in [2.75, 3.05) is 0 Å². The molecule has 0 saturated heterocycles. The molecule has 11 atom stereocenters. The van der Waals surface area contributed by atoms with Gasteiger partial charge in [-0.15, -0.1) is 0 Å². The van der Waals surface area contributed by atoms with Gasteiger partial charge in [-0.05, 0) is 92.3 Å². The van der Waals surface area contributed by atoms with E-state index in [1.54, 1.807) is 0 Å². The Bertz CT molecular complexity index is 526. The Balaban J connectivity index is 1.63. The zero-order valence-corrected chi connectivity index (χ0v) is 16.2. The molecule has 0 bridgehead atoms. The summed E-state index contributed by atoms with van der Waals surface area (Å²) in [5, 5.41) is 21.2. The van der Waals surface area contributed by atoms with Crippen LogP contribution in [0, 0.1) is 40.4 Å². The van der Waals surface area contributed by atoms with E-state index in [2.05, 4.69) is 20.8 Å². The second kappa shape index (κ2) is 5.92. The van der Waals surface area contributed by atoms with Crippen molar-refractivity contribution >= 4 is 0 Å². The van der Waals surface area contributed by atoms with Crippen molar-refractivity contribution < 1.29 is 10.2 Å². The van der Waals surface area contributed by atoms with Crippen LogP contribution in [0.2, 0.25) is 0 Å². The summed E-state index contributed by atoms with van der Waals surface area (Å²) in [5.74, 6) is 3.03. The van der Waals surface area contributed by atoms with Gasteiger partial charge in [-0.2, -0.15) is 0 Å². The largest absolute Gasteiger partial charge is 0.391 e. The quantitative estimate of drug-likeness (QED) is 0.584. The molecule has 6 N–H and O–H groups in total. The number of hydrogen-bond acceptors (Lipinski definition) is 4. The smallest absolute Gasteiger partial charge is 0.0749 e. The first-order valence-electron chi connectivity index (χ1n) is 10.6. The van der Waals surface area contributed by atoms with Gasteiger partial charge >= 0.3 is 0 Å². The molecule has 0 spiro atoms. The van der Waals surface area contributed by atoms with E-state index < -0.39 is 18.2 Å². The van der Waals surface area contributed by atoms with Crippen molar-refractivity contribution in [1.82, 2.24) is 0 Å². The standard InChI is InChI=1S/C21H38N2O2/c1-11(22)13-6-7-14-12-4-5-16-19(25)18(23)17(24)10-21(16,3)15(12)8-9-20(13,14)2/h11-19,24-25H,4-10,22-23H2,1-3H3/t11?,12-,13+,14-,15-,16?,17?,18?,19?,20+,21+/m0/s1. The monoisotopic (exact) mass is 350 g/mol. The molecule has 0 aromatic carbocycles. The highest BCUT2D eigenvalue weighted by Gasteiger charge is 2.62. The number of hydrogen-bond donors (Lipinski definition) is 4. The Hall–Kier alpha value is -0.160. The molecular weight excluding hydrogens is 312 g/mol. The van der Waals surface area contributed by atoms with Gasteiger partial charge in [0.25, 0.3) is 0 Å². The van der Waals surface area contributed by atoms with Crippen molar-refractivity contribution in [2.45, 2.75) is 90.0 Å². The Kier molecular flexibility index (Phi) is 4.31. The lowest BCUT2D eigenvalue weighted by Crippen LogP contribution is -2.64. The molecule has 0 aliphatic heterocycles. The molecular formula is C21H38N2O2. The minimum absolute atomic E-state index is 0.0331. The molecule has 4 saturated carbocycles. The van der Waals surface area contributed by atoms with E-state index in [4.69, 9.17) is 11.5 Å². The van der Waals surface area contributed by atoms with Gasteiger partial charge in [-0.3, -0.25) is 0 Å². The lowest BCUT2D eigenvalue weighted by Gasteiger charge is -2.62. The van der Waals surface area contributed by atoms with Crippen LogP contribution in [-0.2, 0) is 0 Å². The summed E-state index contributed by atoms with van der Waals surface area (Å²) < 4.78 is 0. The van der Waals surface area contributed by atoms with E-state index in [-0.39, 0.29) is 17.4 Å². The Morgan fingerprint density at radius 2 is 1.56 bits per heavy atom. The van der Waals surface area contributed by atoms with Crippen LogP contribution in [0.15, 0.2) is 0 Å². The summed E-state index contributed by atoms with van der Waals surface area (Å²) in [5.41, 5.74) is 12.9. The van der Waals surface area contributed by atoms with E-state index in [9.17, 15) is 10.2 Å². The van der Waals surface area contributed by atoms with E-state index in [1.807, 2.05) is 0 Å². The number of aliphatic hydroxyl groups excluding tert-OH is 2. The highest BCUT2D eigenvalue weighted by molar-refractivity contribution is 5.12. The molecule has 0 aromatic rings. The minimum Gasteiger partial charge on any atom is -0.391 e. The van der Waals surface area contributed by atoms with Crippen LogP contribution in [0.1, 0.15) is 65.7 Å². The normalized spacial score (nSPS) is 59.6. The molecule has 0 amide bonds. The first-order valence-corrected chi connectivity index (χ1v) is 10.6. The van der Waals surface area contributed by atoms with Crippen LogP contribution >= 0.6 is 0 Å². The molecule has 4 rings (SSSR count). The highest BCUT2D eigenvalue weighted by atomic mass is 16.3. The summed E-state index contributed by atoms with van der Waals surface area (Å²) in [4.78, 5) is 0. The van der Waals surface area contributed by atoms with Gasteiger partial charge in [0.05, 0.1) is 18.2 Å². The van der Waals surface area contributed by atoms with Crippen LogP contribution in [0.25, 0.3) is 0 Å². The zero-order chi connectivity index (χ0) is 18.1. The number of nitrogens with two attached hydrogens (primary N) is 2. The maximum absolute atomic E-state index is 10.8. The van der Waals surface area contributed by atoms with Gasteiger partial charge in [0.1, 0.15) is 0 Å². The number of aliphatic hydroxyl groups is 2. The molecule has 4 aliphatic rings. The van der Waals surface area contributed by atoms with Gasteiger partial charge in [0, 0.05) is 6.04 Å². The van der Waals surface area contributed by atoms with Crippen molar-refractivity contribution in [2.24, 2.45) is 51.9 Å². The van der Waals surface area contributed by atoms with Crippen molar-refractivity contribution in [3.63, 3.8) is 0 Å². The summed E-state index contributed by atoms with van der Waals surface area (Å²) in [6.45, 7) is 7.04. The van der Waals surface area contributed by atoms with Crippen LogP contribution in [0.3, 0.4) is 0 Å². The molecule has 5 unspecified atom stereocenters. The summed E-state index contributed by atoms with van der Waals surface area (Å²) in [6.07, 6.45) is 7.00. The van der Waals surface area contributed by atoms with Gasteiger partial charge in [0.2, 0.25) is 0 Å². The Morgan fingerprint density at radius 3 is 2.24 bits per heavy atom. The third kappa shape index (κ3) is 2.40. The fraction of sp³-hybridized carbons (Fsp3) is 1.00. The molecule has 4 heteroatoms. The molecule has 4 fully saturated rings. The predicted molar refractivity (Wildman–Crippen MR) is 99.6 cm³/mol. The Labute approximate surface area is 152 Å². The second-order valence-electron chi connectivity index (χ2n) is 10.5. The fourth-order valence-electron chi connectivity index (χ4n) is 8.34.